The molecule has 2 radical (unpaired) electrons. The Morgan fingerprint density at radius 3 is 2.40 bits per heavy atom. The average Bonchev–Trinajstić information content (AvgIpc) is 2.50. The third-order valence-electron chi connectivity index (χ3n) is 3.70. The highest BCUT2D eigenvalue weighted by atomic mass is 16.7. The predicted molar refractivity (Wildman–Crippen MR) is 84.4 cm³/mol. The molecule has 1 fully saturated rings. The summed E-state index contributed by atoms with van der Waals surface area (Å²) in [5, 5.41) is 23.9. The van der Waals surface area contributed by atoms with Crippen molar-refractivity contribution < 1.29 is 38.7 Å². The molecule has 4 N–H and O–H groups in total. The summed E-state index contributed by atoms with van der Waals surface area (Å²) >= 11 is 0. The molecule has 0 spiro atoms. The van der Waals surface area contributed by atoms with Crippen molar-refractivity contribution in [2.24, 2.45) is 0 Å². The molecule has 1 aliphatic heterocycles. The smallest absolute Gasteiger partial charge is 0.326 e. The van der Waals surface area contributed by atoms with Crippen molar-refractivity contribution in [3.63, 3.8) is 0 Å². The fourth-order valence-electron chi connectivity index (χ4n) is 2.51. The van der Waals surface area contributed by atoms with Gasteiger partial charge in [-0.25, -0.2) is 4.79 Å². The van der Waals surface area contributed by atoms with Gasteiger partial charge in [0, 0.05) is 20.3 Å². The molecule has 0 aromatic heterocycles. The van der Waals surface area contributed by atoms with E-state index in [1.807, 2.05) is 0 Å². The van der Waals surface area contributed by atoms with Gasteiger partial charge >= 0.3 is 5.97 Å². The number of carbonyl (C=O) groups is 3. The van der Waals surface area contributed by atoms with E-state index in [0.717, 1.165) is 0 Å². The van der Waals surface area contributed by atoms with Gasteiger partial charge in [-0.15, -0.1) is 0 Å². The van der Waals surface area contributed by atoms with Gasteiger partial charge in [0.05, 0.1) is 18.8 Å². The van der Waals surface area contributed by atoms with Crippen LogP contribution in [0.2, 0.25) is 0 Å². The van der Waals surface area contributed by atoms with Crippen molar-refractivity contribution in [2.45, 2.75) is 63.9 Å². The number of amides is 2. The standard InChI is InChI=1S/C14H23BN2O8/c1-6-11(20)12(25-15)10(17-8(3)19)14(24-6)23-5-4-9(13(21)22)16-7(2)18/h6,9-12,14,20H,4-5H2,1-3H3,(H,16,18)(H,17,19)(H,21,22)/t6-,9?,10-,11+,12-,14+/m1/s1. The number of ether oxygens (including phenoxy) is 2. The molecule has 0 aliphatic carbocycles. The molecular weight excluding hydrogens is 335 g/mol. The van der Waals surface area contributed by atoms with Crippen LogP contribution in [0.15, 0.2) is 0 Å². The number of nitrogens with one attached hydrogen (secondary N) is 2. The second-order valence-corrected chi connectivity index (χ2v) is 5.78. The van der Waals surface area contributed by atoms with E-state index in [4.69, 9.17) is 27.3 Å². The van der Waals surface area contributed by atoms with Crippen molar-refractivity contribution in [3.05, 3.63) is 0 Å². The summed E-state index contributed by atoms with van der Waals surface area (Å²) in [6.07, 6.45) is -3.78. The van der Waals surface area contributed by atoms with E-state index in [0.29, 0.717) is 0 Å². The fourth-order valence-corrected chi connectivity index (χ4v) is 2.51. The number of aliphatic carboxylic acids is 1. The lowest BCUT2D eigenvalue weighted by Crippen LogP contribution is -2.64. The van der Waals surface area contributed by atoms with Crippen LogP contribution in [0.1, 0.15) is 27.2 Å². The topological polar surface area (TPSA) is 143 Å². The second-order valence-electron chi connectivity index (χ2n) is 5.78. The highest BCUT2D eigenvalue weighted by Gasteiger charge is 2.44. The minimum Gasteiger partial charge on any atom is -0.480 e. The first-order chi connectivity index (χ1) is 11.7. The number of carboxylic acids is 1. The number of hydrogen-bond donors (Lipinski definition) is 4. The SMILES string of the molecule is [B]O[C@H]1[C@@H](O)[C@@H](C)O[C@H](OCCC(NC(C)=O)C(=O)O)[C@@H]1NC(C)=O. The number of rotatable bonds is 8. The lowest BCUT2D eigenvalue weighted by molar-refractivity contribution is -0.256. The number of hydrogen-bond acceptors (Lipinski definition) is 7. The summed E-state index contributed by atoms with van der Waals surface area (Å²) in [5.74, 6) is -2.09. The Kier molecular flexibility index (Phi) is 8.29. The highest BCUT2D eigenvalue weighted by molar-refractivity contribution is 5.98. The van der Waals surface area contributed by atoms with Gasteiger partial charge in [0.1, 0.15) is 18.2 Å². The molecule has 140 valence electrons. The molecule has 1 aliphatic rings. The Bertz CT molecular complexity index is 491. The maximum Gasteiger partial charge on any atom is 0.326 e. The first-order valence-electron chi connectivity index (χ1n) is 7.75. The highest BCUT2D eigenvalue weighted by Crippen LogP contribution is 2.24. The Morgan fingerprint density at radius 2 is 1.92 bits per heavy atom. The van der Waals surface area contributed by atoms with Gasteiger partial charge in [0.25, 0.3) is 8.05 Å². The van der Waals surface area contributed by atoms with Crippen molar-refractivity contribution in [2.75, 3.05) is 6.61 Å². The Hall–Kier alpha value is -1.69. The lowest BCUT2D eigenvalue weighted by Gasteiger charge is -2.43. The van der Waals surface area contributed by atoms with Crippen molar-refractivity contribution in [1.29, 1.82) is 0 Å². The normalized spacial score (nSPS) is 30.3. The van der Waals surface area contributed by atoms with Gasteiger partial charge in [-0.3, -0.25) is 9.59 Å². The zero-order valence-corrected chi connectivity index (χ0v) is 14.3. The molecule has 1 heterocycles. The van der Waals surface area contributed by atoms with Gasteiger partial charge < -0.3 is 35.0 Å². The third-order valence-corrected chi connectivity index (χ3v) is 3.70. The molecule has 0 aromatic rings. The minimum atomic E-state index is -1.20. The van der Waals surface area contributed by atoms with E-state index >= 15 is 0 Å². The first-order valence-corrected chi connectivity index (χ1v) is 7.75. The summed E-state index contributed by atoms with van der Waals surface area (Å²) in [6, 6.07) is -2.01. The minimum absolute atomic E-state index is 0.0212. The largest absolute Gasteiger partial charge is 0.480 e. The van der Waals surface area contributed by atoms with E-state index in [1.54, 1.807) is 6.92 Å². The summed E-state index contributed by atoms with van der Waals surface area (Å²) in [5.41, 5.74) is 0. The van der Waals surface area contributed by atoms with Crippen LogP contribution >= 0.6 is 0 Å². The van der Waals surface area contributed by atoms with Crippen molar-refractivity contribution in [3.8, 4) is 0 Å². The number of carboxylic acid groups (broad SMARTS) is 1. The molecule has 0 aromatic carbocycles. The van der Waals surface area contributed by atoms with Crippen LogP contribution in [0.25, 0.3) is 0 Å². The van der Waals surface area contributed by atoms with Crippen LogP contribution in [-0.4, -0.2) is 79.3 Å². The van der Waals surface area contributed by atoms with Crippen molar-refractivity contribution >= 4 is 25.8 Å². The average molecular weight is 358 g/mol. The molecule has 10 nitrogen and oxygen atoms in total. The first kappa shape index (κ1) is 21.4. The third kappa shape index (κ3) is 6.27. The number of aliphatic hydroxyl groups is 1. The second kappa shape index (κ2) is 9.71. The van der Waals surface area contributed by atoms with Crippen LogP contribution in [0.4, 0.5) is 0 Å². The molecule has 6 atom stereocenters. The molecule has 1 saturated heterocycles. The maximum absolute atomic E-state index is 11.4. The van der Waals surface area contributed by atoms with Gasteiger partial charge in [-0.2, -0.15) is 0 Å². The quantitative estimate of drug-likeness (QED) is 0.367. The summed E-state index contributed by atoms with van der Waals surface area (Å²) in [7, 11) is 5.21. The van der Waals surface area contributed by atoms with E-state index in [-0.39, 0.29) is 13.0 Å². The summed E-state index contributed by atoms with van der Waals surface area (Å²) < 4.78 is 15.8. The predicted octanol–water partition coefficient (Wildman–Crippen LogP) is -1.94. The molecule has 25 heavy (non-hydrogen) atoms. The Morgan fingerprint density at radius 1 is 1.28 bits per heavy atom. The molecule has 2 amide bonds. The van der Waals surface area contributed by atoms with E-state index in [1.165, 1.54) is 13.8 Å². The van der Waals surface area contributed by atoms with Gasteiger partial charge in [-0.1, -0.05) is 0 Å². The van der Waals surface area contributed by atoms with E-state index < -0.39 is 54.5 Å². The van der Waals surface area contributed by atoms with Crippen LogP contribution in [0.3, 0.4) is 0 Å². The Labute approximate surface area is 146 Å². The van der Waals surface area contributed by atoms with E-state index in [9.17, 15) is 19.5 Å². The fraction of sp³-hybridized carbons (Fsp3) is 0.786. The monoisotopic (exact) mass is 358 g/mol. The molecule has 11 heteroatoms. The molecule has 1 rings (SSSR count). The van der Waals surface area contributed by atoms with Gasteiger partial charge in [0.2, 0.25) is 11.8 Å². The maximum atomic E-state index is 11.4. The van der Waals surface area contributed by atoms with Crippen LogP contribution in [0, 0.1) is 0 Å². The van der Waals surface area contributed by atoms with Gasteiger partial charge in [0.15, 0.2) is 6.29 Å². The molecule has 0 saturated carbocycles. The number of aliphatic hydroxyl groups excluding tert-OH is 1. The van der Waals surface area contributed by atoms with Crippen LogP contribution in [0.5, 0.6) is 0 Å². The molecule has 0 bridgehead atoms. The Balaban J connectivity index is 2.73. The number of carbonyl (C=O) groups excluding carboxylic acids is 2. The summed E-state index contributed by atoms with van der Waals surface area (Å²) in [4.78, 5) is 33.5. The van der Waals surface area contributed by atoms with E-state index in [2.05, 4.69) is 10.6 Å². The zero-order chi connectivity index (χ0) is 19.1. The van der Waals surface area contributed by atoms with Crippen molar-refractivity contribution in [1.82, 2.24) is 10.6 Å². The van der Waals surface area contributed by atoms with Gasteiger partial charge in [-0.05, 0) is 6.92 Å². The lowest BCUT2D eigenvalue weighted by atomic mass is 9.96. The van der Waals surface area contributed by atoms with Crippen LogP contribution < -0.4 is 10.6 Å². The molecular formula is C14H23BN2O8. The summed E-state index contributed by atoms with van der Waals surface area (Å²) in [6.45, 7) is 3.97. The van der Waals surface area contributed by atoms with Crippen LogP contribution in [-0.2, 0) is 28.5 Å². The zero-order valence-electron chi connectivity index (χ0n) is 14.3. The molecule has 1 unspecified atom stereocenters.